The van der Waals surface area contributed by atoms with E-state index in [4.69, 9.17) is 16.6 Å². The summed E-state index contributed by atoms with van der Waals surface area (Å²) in [6.07, 6.45) is 0. The molecule has 0 aliphatic carbocycles. The van der Waals surface area contributed by atoms with Gasteiger partial charge in [0.25, 0.3) is 0 Å². The number of H-pyrrole nitrogens is 1. The molecule has 2 aromatic carbocycles. The molecule has 0 radical (unpaired) electrons. The maximum absolute atomic E-state index is 11.2. The zero-order chi connectivity index (χ0) is 22.1. The number of rotatable bonds is 5. The summed E-state index contributed by atoms with van der Waals surface area (Å²) in [5.41, 5.74) is 15.7. The standard InChI is InChI=1S/C22H17N5O4/c23-14-7-5-12(6-8-14)17-18(11-1-3-13(4-2-11)21(28)29)27-20(24)19(26-17)15-9-10-16(25-15)22(30)31/h1-10,25H,23H2,(H2,24,27)(H,28,29)(H,30,31). The highest BCUT2D eigenvalue weighted by Gasteiger charge is 2.19. The third-order valence-electron chi connectivity index (χ3n) is 4.68. The average molecular weight is 415 g/mol. The summed E-state index contributed by atoms with van der Waals surface area (Å²) in [4.78, 5) is 34.3. The molecule has 0 unspecified atom stereocenters. The van der Waals surface area contributed by atoms with Crippen LogP contribution in [0.3, 0.4) is 0 Å². The van der Waals surface area contributed by atoms with Gasteiger partial charge >= 0.3 is 11.9 Å². The minimum absolute atomic E-state index is 0.00132. The number of nitrogens with one attached hydrogen (secondary N) is 1. The molecule has 0 atom stereocenters. The van der Waals surface area contributed by atoms with Crippen molar-refractivity contribution in [3.8, 4) is 33.9 Å². The Hall–Kier alpha value is -4.66. The molecule has 0 saturated heterocycles. The van der Waals surface area contributed by atoms with Gasteiger partial charge in [-0.25, -0.2) is 19.6 Å². The van der Waals surface area contributed by atoms with Crippen molar-refractivity contribution in [1.29, 1.82) is 0 Å². The molecule has 9 nitrogen and oxygen atoms in total. The molecule has 0 aliphatic rings. The van der Waals surface area contributed by atoms with Crippen LogP contribution >= 0.6 is 0 Å². The first-order chi connectivity index (χ1) is 14.8. The molecule has 0 bridgehead atoms. The average Bonchev–Trinajstić information content (AvgIpc) is 3.25. The second-order valence-electron chi connectivity index (χ2n) is 6.75. The van der Waals surface area contributed by atoms with Gasteiger partial charge in [0.1, 0.15) is 11.4 Å². The van der Waals surface area contributed by atoms with Crippen molar-refractivity contribution in [3.05, 3.63) is 71.9 Å². The Balaban J connectivity index is 1.91. The first-order valence-corrected chi connectivity index (χ1v) is 9.13. The molecule has 4 rings (SSSR count). The fourth-order valence-electron chi connectivity index (χ4n) is 3.12. The smallest absolute Gasteiger partial charge is 0.352 e. The Labute approximate surface area is 176 Å². The Bertz CT molecular complexity index is 1290. The number of aromatic nitrogens is 3. The molecule has 0 spiro atoms. The molecule has 4 aromatic rings. The molecule has 9 heteroatoms. The molecule has 2 aromatic heterocycles. The molecule has 0 aliphatic heterocycles. The van der Waals surface area contributed by atoms with Crippen LogP contribution in [0.15, 0.2) is 60.7 Å². The van der Waals surface area contributed by atoms with E-state index >= 15 is 0 Å². The van der Waals surface area contributed by atoms with Crippen molar-refractivity contribution in [1.82, 2.24) is 15.0 Å². The number of carboxylic acids is 2. The minimum Gasteiger partial charge on any atom is -0.478 e. The van der Waals surface area contributed by atoms with Gasteiger partial charge in [-0.05, 0) is 36.4 Å². The van der Waals surface area contributed by atoms with Crippen molar-refractivity contribution >= 4 is 23.4 Å². The highest BCUT2D eigenvalue weighted by Crippen LogP contribution is 2.34. The van der Waals surface area contributed by atoms with E-state index in [0.29, 0.717) is 39.6 Å². The zero-order valence-electron chi connectivity index (χ0n) is 16.0. The van der Waals surface area contributed by atoms with Gasteiger partial charge < -0.3 is 26.7 Å². The lowest BCUT2D eigenvalue weighted by atomic mass is 10.0. The third-order valence-corrected chi connectivity index (χ3v) is 4.68. The lowest BCUT2D eigenvalue weighted by Crippen LogP contribution is -2.04. The number of anilines is 2. The Morgan fingerprint density at radius 1 is 0.710 bits per heavy atom. The lowest BCUT2D eigenvalue weighted by Gasteiger charge is -2.13. The quantitative estimate of drug-likeness (QED) is 0.309. The molecular weight excluding hydrogens is 398 g/mol. The summed E-state index contributed by atoms with van der Waals surface area (Å²) >= 11 is 0. The van der Waals surface area contributed by atoms with E-state index in [2.05, 4.69) is 15.0 Å². The second kappa shape index (κ2) is 7.64. The number of hydrogen-bond donors (Lipinski definition) is 5. The summed E-state index contributed by atoms with van der Waals surface area (Å²) in [6.45, 7) is 0. The van der Waals surface area contributed by atoms with Crippen molar-refractivity contribution < 1.29 is 19.8 Å². The molecule has 0 saturated carbocycles. The first kappa shape index (κ1) is 19.6. The first-order valence-electron chi connectivity index (χ1n) is 9.13. The van der Waals surface area contributed by atoms with Gasteiger partial charge in [-0.3, -0.25) is 0 Å². The van der Waals surface area contributed by atoms with Gasteiger partial charge in [-0.15, -0.1) is 0 Å². The summed E-state index contributed by atoms with van der Waals surface area (Å²) in [6, 6.07) is 16.2. The van der Waals surface area contributed by atoms with Crippen LogP contribution in [0.25, 0.3) is 33.9 Å². The number of benzene rings is 2. The highest BCUT2D eigenvalue weighted by atomic mass is 16.4. The van der Waals surface area contributed by atoms with Crippen molar-refractivity contribution in [2.75, 3.05) is 11.5 Å². The number of carboxylic acid groups (broad SMARTS) is 2. The lowest BCUT2D eigenvalue weighted by molar-refractivity contribution is 0.0683. The highest BCUT2D eigenvalue weighted by molar-refractivity contribution is 5.90. The molecule has 7 N–H and O–H groups in total. The van der Waals surface area contributed by atoms with Crippen LogP contribution < -0.4 is 11.5 Å². The number of aromatic carboxylic acids is 2. The number of nitrogens with zero attached hydrogens (tertiary/aromatic N) is 2. The summed E-state index contributed by atoms with van der Waals surface area (Å²) in [5, 5.41) is 18.3. The molecule has 2 heterocycles. The van der Waals surface area contributed by atoms with E-state index < -0.39 is 11.9 Å². The van der Waals surface area contributed by atoms with E-state index in [1.165, 1.54) is 18.2 Å². The zero-order valence-corrected chi connectivity index (χ0v) is 16.0. The Morgan fingerprint density at radius 2 is 1.29 bits per heavy atom. The largest absolute Gasteiger partial charge is 0.478 e. The maximum atomic E-state index is 11.2. The fourth-order valence-corrected chi connectivity index (χ4v) is 3.12. The molecular formula is C22H17N5O4. The van der Waals surface area contributed by atoms with Gasteiger partial charge in [0.15, 0.2) is 5.82 Å². The van der Waals surface area contributed by atoms with Gasteiger partial charge in [-0.1, -0.05) is 24.3 Å². The summed E-state index contributed by atoms with van der Waals surface area (Å²) in [7, 11) is 0. The molecule has 31 heavy (non-hydrogen) atoms. The number of nitrogens with two attached hydrogens (primary N) is 2. The number of hydrogen-bond acceptors (Lipinski definition) is 6. The van der Waals surface area contributed by atoms with Crippen LogP contribution in [-0.4, -0.2) is 37.1 Å². The van der Waals surface area contributed by atoms with Crippen LogP contribution in [0, 0.1) is 0 Å². The number of aromatic amines is 1. The minimum atomic E-state index is -1.10. The van der Waals surface area contributed by atoms with E-state index in [1.807, 2.05) is 0 Å². The third kappa shape index (κ3) is 3.79. The van der Waals surface area contributed by atoms with Crippen molar-refractivity contribution in [3.63, 3.8) is 0 Å². The Kier molecular flexibility index (Phi) is 4.84. The normalized spacial score (nSPS) is 10.7. The summed E-state index contributed by atoms with van der Waals surface area (Å²) < 4.78 is 0. The van der Waals surface area contributed by atoms with Crippen molar-refractivity contribution in [2.45, 2.75) is 0 Å². The SMILES string of the molecule is Nc1ccc(-c2nc(-c3ccc(C(=O)O)[nH]3)c(N)nc2-c2ccc(C(=O)O)cc2)cc1. The molecule has 0 amide bonds. The van der Waals surface area contributed by atoms with E-state index in [9.17, 15) is 14.7 Å². The van der Waals surface area contributed by atoms with Gasteiger partial charge in [-0.2, -0.15) is 0 Å². The molecule has 0 fully saturated rings. The monoisotopic (exact) mass is 415 g/mol. The van der Waals surface area contributed by atoms with Crippen LogP contribution in [0.4, 0.5) is 11.5 Å². The fraction of sp³-hybridized carbons (Fsp3) is 0. The topological polar surface area (TPSA) is 168 Å². The van der Waals surface area contributed by atoms with Crippen LogP contribution in [0.5, 0.6) is 0 Å². The number of carbonyl (C=O) groups is 2. The van der Waals surface area contributed by atoms with E-state index in [1.54, 1.807) is 42.5 Å². The van der Waals surface area contributed by atoms with Gasteiger partial charge in [0, 0.05) is 16.8 Å². The maximum Gasteiger partial charge on any atom is 0.352 e. The summed E-state index contributed by atoms with van der Waals surface area (Å²) in [5.74, 6) is -2.05. The van der Waals surface area contributed by atoms with Gasteiger partial charge in [0.2, 0.25) is 0 Å². The van der Waals surface area contributed by atoms with Crippen molar-refractivity contribution in [2.24, 2.45) is 0 Å². The Morgan fingerprint density at radius 3 is 1.84 bits per heavy atom. The van der Waals surface area contributed by atoms with Gasteiger partial charge in [0.05, 0.1) is 22.6 Å². The number of nitrogen functional groups attached to an aromatic ring is 2. The van der Waals surface area contributed by atoms with E-state index in [-0.39, 0.29) is 17.1 Å². The predicted octanol–water partition coefficient (Wildman–Crippen LogP) is 3.37. The van der Waals surface area contributed by atoms with Crippen LogP contribution in [0.1, 0.15) is 20.8 Å². The second-order valence-corrected chi connectivity index (χ2v) is 6.75. The van der Waals surface area contributed by atoms with Crippen LogP contribution in [-0.2, 0) is 0 Å². The van der Waals surface area contributed by atoms with E-state index in [0.717, 1.165) is 0 Å². The van der Waals surface area contributed by atoms with Crippen LogP contribution in [0.2, 0.25) is 0 Å². The molecule has 154 valence electrons. The predicted molar refractivity (Wildman–Crippen MR) is 115 cm³/mol.